The van der Waals surface area contributed by atoms with Crippen LogP contribution < -0.4 is 0 Å². The van der Waals surface area contributed by atoms with Crippen molar-refractivity contribution in [3.8, 4) is 39.1 Å². The van der Waals surface area contributed by atoms with E-state index in [1.165, 1.54) is 116 Å². The van der Waals surface area contributed by atoms with Crippen LogP contribution in [-0.2, 0) is 16.2 Å². The lowest BCUT2D eigenvalue weighted by Gasteiger charge is -2.31. The van der Waals surface area contributed by atoms with Crippen LogP contribution >= 0.6 is 0 Å². The Morgan fingerprint density at radius 3 is 1.72 bits per heavy atom. The summed E-state index contributed by atoms with van der Waals surface area (Å²) in [6.45, 7) is 23.6. The molecule has 1 heteroatoms. The van der Waals surface area contributed by atoms with E-state index in [0.717, 1.165) is 0 Å². The van der Waals surface area contributed by atoms with Gasteiger partial charge in [0.25, 0.3) is 0 Å². The maximum Gasteiger partial charge on any atom is 0.0540 e. The molecule has 286 valence electrons. The second-order valence-electron chi connectivity index (χ2n) is 19.5. The Kier molecular flexibility index (Phi) is 7.87. The minimum atomic E-state index is -0.0838. The molecule has 0 radical (unpaired) electrons. The Morgan fingerprint density at radius 1 is 0.431 bits per heavy atom. The highest BCUT2D eigenvalue weighted by atomic mass is 15.0. The Balaban J connectivity index is 1.15. The van der Waals surface area contributed by atoms with Gasteiger partial charge in [-0.25, -0.2) is 0 Å². The fourth-order valence-electron chi connectivity index (χ4n) is 10.5. The van der Waals surface area contributed by atoms with Gasteiger partial charge in [-0.1, -0.05) is 152 Å². The first-order chi connectivity index (χ1) is 27.6. The molecule has 1 aliphatic carbocycles. The van der Waals surface area contributed by atoms with E-state index in [2.05, 4.69) is 213 Å². The summed E-state index contributed by atoms with van der Waals surface area (Å²) in [4.78, 5) is 0. The number of aryl methyl sites for hydroxylation is 1. The van der Waals surface area contributed by atoms with E-state index in [9.17, 15) is 0 Å². The van der Waals surface area contributed by atoms with Gasteiger partial charge in [0.15, 0.2) is 0 Å². The molecular formula is C57H53N. The van der Waals surface area contributed by atoms with E-state index >= 15 is 0 Å². The third-order valence-electron chi connectivity index (χ3n) is 13.4. The lowest BCUT2D eigenvalue weighted by Crippen LogP contribution is -2.17. The van der Waals surface area contributed by atoms with Crippen LogP contribution in [0, 0.1) is 13.8 Å². The summed E-state index contributed by atoms with van der Waals surface area (Å²) in [6, 6.07) is 53.0. The summed E-state index contributed by atoms with van der Waals surface area (Å²) < 4.78 is 2.49. The predicted octanol–water partition coefficient (Wildman–Crippen LogP) is 15.9. The van der Waals surface area contributed by atoms with Gasteiger partial charge >= 0.3 is 0 Å². The molecule has 8 aromatic carbocycles. The number of hydrogen-bond donors (Lipinski definition) is 0. The van der Waals surface area contributed by atoms with Crippen LogP contribution in [0.1, 0.15) is 88.9 Å². The van der Waals surface area contributed by atoms with Gasteiger partial charge in [0.2, 0.25) is 0 Å². The molecule has 10 rings (SSSR count). The van der Waals surface area contributed by atoms with Gasteiger partial charge in [0.05, 0.1) is 5.52 Å². The Labute approximate surface area is 344 Å². The average molecular weight is 752 g/mol. The largest absolute Gasteiger partial charge is 0.314 e. The van der Waals surface area contributed by atoms with Crippen molar-refractivity contribution in [2.75, 3.05) is 0 Å². The molecule has 1 heterocycles. The number of rotatable bonds is 3. The van der Waals surface area contributed by atoms with E-state index in [-0.39, 0.29) is 16.2 Å². The molecule has 0 N–H and O–H groups in total. The standard InChI is InChI=1S/C57H53N/c1-34-35(2)58(42-25-21-37(22-26-42)41-23-27-44-43-17-13-14-18-50(43)57(9,10)51(44)31-41)52-33-49-48(32-46(34)52)54(56(6,7)8)47-30-40(24-28-45(47)53(49)55(3,4)5)39-20-19-36-15-11-12-16-38(36)29-39/h11-33H,1-10H3. The fraction of sp³-hybridized carbons (Fsp3) is 0.228. The molecule has 1 aromatic heterocycles. The summed E-state index contributed by atoms with van der Waals surface area (Å²) in [6.07, 6.45) is 0. The highest BCUT2D eigenvalue weighted by Gasteiger charge is 2.35. The van der Waals surface area contributed by atoms with Gasteiger partial charge < -0.3 is 4.57 Å². The Hall–Kier alpha value is -5.92. The first kappa shape index (κ1) is 36.4. The zero-order valence-corrected chi connectivity index (χ0v) is 35.7. The highest BCUT2D eigenvalue weighted by Crippen LogP contribution is 2.50. The van der Waals surface area contributed by atoms with Gasteiger partial charge in [-0.3, -0.25) is 0 Å². The maximum atomic E-state index is 2.53. The summed E-state index contributed by atoms with van der Waals surface area (Å²) in [5.41, 5.74) is 18.3. The van der Waals surface area contributed by atoms with Crippen LogP contribution in [0.5, 0.6) is 0 Å². The first-order valence-corrected chi connectivity index (χ1v) is 21.0. The second kappa shape index (κ2) is 12.5. The molecule has 0 atom stereocenters. The maximum absolute atomic E-state index is 2.53. The van der Waals surface area contributed by atoms with Crippen LogP contribution in [0.3, 0.4) is 0 Å². The lowest BCUT2D eigenvalue weighted by atomic mass is 9.73. The molecule has 0 saturated heterocycles. The Bertz CT molecular complexity index is 3150. The van der Waals surface area contributed by atoms with Crippen molar-refractivity contribution in [1.82, 2.24) is 4.57 Å². The molecule has 0 spiro atoms. The minimum absolute atomic E-state index is 0.0209. The van der Waals surface area contributed by atoms with Crippen LogP contribution in [-0.4, -0.2) is 4.57 Å². The minimum Gasteiger partial charge on any atom is -0.314 e. The molecule has 1 aliphatic rings. The number of nitrogens with zero attached hydrogens (tertiary/aromatic N) is 1. The van der Waals surface area contributed by atoms with Gasteiger partial charge in [0.1, 0.15) is 0 Å². The van der Waals surface area contributed by atoms with Crippen molar-refractivity contribution in [1.29, 1.82) is 0 Å². The third-order valence-corrected chi connectivity index (χ3v) is 13.4. The van der Waals surface area contributed by atoms with Crippen molar-refractivity contribution in [2.45, 2.75) is 85.5 Å². The molecule has 0 unspecified atom stereocenters. The van der Waals surface area contributed by atoms with Gasteiger partial charge in [-0.15, -0.1) is 0 Å². The number of aromatic nitrogens is 1. The highest BCUT2D eigenvalue weighted by molar-refractivity contribution is 6.13. The zero-order chi connectivity index (χ0) is 40.5. The van der Waals surface area contributed by atoms with E-state index < -0.39 is 0 Å². The van der Waals surface area contributed by atoms with Crippen molar-refractivity contribution in [2.24, 2.45) is 0 Å². The average Bonchev–Trinajstić information content (AvgIpc) is 3.58. The monoisotopic (exact) mass is 751 g/mol. The van der Waals surface area contributed by atoms with Crippen molar-refractivity contribution < 1.29 is 0 Å². The van der Waals surface area contributed by atoms with Gasteiger partial charge in [-0.2, -0.15) is 0 Å². The second-order valence-corrected chi connectivity index (χ2v) is 19.5. The Morgan fingerprint density at radius 2 is 0.983 bits per heavy atom. The SMILES string of the molecule is Cc1c(C)n(-c2ccc(-c3ccc4c(c3)C(C)(C)c3ccccc3-4)cc2)c2cc3c(C(C)(C)C)c4ccc(-c5ccc6ccccc6c5)cc4c(C(C)(C)C)c3cc12. The van der Waals surface area contributed by atoms with Crippen LogP contribution in [0.2, 0.25) is 0 Å². The lowest BCUT2D eigenvalue weighted by molar-refractivity contribution is 0.593. The summed E-state index contributed by atoms with van der Waals surface area (Å²) in [7, 11) is 0. The summed E-state index contributed by atoms with van der Waals surface area (Å²) in [5, 5.41) is 9.30. The predicted molar refractivity (Wildman–Crippen MR) is 251 cm³/mol. The summed E-state index contributed by atoms with van der Waals surface area (Å²) >= 11 is 0. The van der Waals surface area contributed by atoms with Crippen molar-refractivity contribution >= 4 is 43.2 Å². The zero-order valence-electron chi connectivity index (χ0n) is 35.7. The molecule has 0 fully saturated rings. The first-order valence-electron chi connectivity index (χ1n) is 21.0. The third kappa shape index (κ3) is 5.43. The van der Waals surface area contributed by atoms with Crippen LogP contribution in [0.15, 0.2) is 140 Å². The smallest absolute Gasteiger partial charge is 0.0540 e. The quantitative estimate of drug-likeness (QED) is 0.158. The number of benzene rings is 8. The van der Waals surface area contributed by atoms with Gasteiger partial charge in [-0.05, 0) is 161 Å². The fourth-order valence-corrected chi connectivity index (χ4v) is 10.5. The number of hydrogen-bond acceptors (Lipinski definition) is 0. The van der Waals surface area contributed by atoms with Gasteiger partial charge in [0, 0.05) is 22.2 Å². The van der Waals surface area contributed by atoms with Crippen LogP contribution in [0.25, 0.3) is 82.3 Å². The molecule has 0 aliphatic heterocycles. The number of fused-ring (bicyclic) bond motifs is 7. The molecule has 1 nitrogen and oxygen atoms in total. The van der Waals surface area contributed by atoms with E-state index in [1.54, 1.807) is 0 Å². The van der Waals surface area contributed by atoms with Crippen LogP contribution in [0.4, 0.5) is 0 Å². The molecule has 58 heavy (non-hydrogen) atoms. The molecule has 9 aromatic rings. The van der Waals surface area contributed by atoms with E-state index in [0.29, 0.717) is 0 Å². The summed E-state index contributed by atoms with van der Waals surface area (Å²) in [5.74, 6) is 0. The topological polar surface area (TPSA) is 4.93 Å². The molecule has 0 saturated carbocycles. The van der Waals surface area contributed by atoms with Crippen molar-refractivity contribution in [3.05, 3.63) is 173 Å². The van der Waals surface area contributed by atoms with E-state index in [4.69, 9.17) is 0 Å². The van der Waals surface area contributed by atoms with E-state index in [1.807, 2.05) is 0 Å². The van der Waals surface area contributed by atoms with Crippen molar-refractivity contribution in [3.63, 3.8) is 0 Å². The molecule has 0 amide bonds. The molecular weight excluding hydrogens is 699 g/mol. The normalized spacial score (nSPS) is 13.8. The molecule has 0 bridgehead atoms.